The van der Waals surface area contributed by atoms with Crippen LogP contribution >= 0.6 is 39.1 Å². The van der Waals surface area contributed by atoms with Gasteiger partial charge in [0.05, 0.1) is 5.56 Å². The summed E-state index contributed by atoms with van der Waals surface area (Å²) >= 11 is 15.6. The molecule has 0 fully saturated rings. The summed E-state index contributed by atoms with van der Waals surface area (Å²) in [6, 6.07) is 7.20. The molecule has 3 rings (SSSR count). The number of hydrogen-bond donors (Lipinski definition) is 2. The van der Waals surface area contributed by atoms with Gasteiger partial charge in [-0.3, -0.25) is 9.78 Å². The molecule has 26 heavy (non-hydrogen) atoms. The first-order valence-corrected chi connectivity index (χ1v) is 9.76. The van der Waals surface area contributed by atoms with Crippen LogP contribution in [0, 0.1) is 0 Å². The number of amides is 1. The van der Waals surface area contributed by atoms with E-state index in [1.807, 2.05) is 12.1 Å². The summed E-state index contributed by atoms with van der Waals surface area (Å²) in [7, 11) is 0. The van der Waals surface area contributed by atoms with Crippen LogP contribution in [0.3, 0.4) is 0 Å². The smallest absolute Gasteiger partial charge is 0.253 e. The predicted octanol–water partition coefficient (Wildman–Crippen LogP) is 4.71. The third kappa shape index (κ3) is 4.65. The number of pyridine rings is 1. The molecule has 0 bridgehead atoms. The van der Waals surface area contributed by atoms with Crippen LogP contribution in [-0.4, -0.2) is 23.5 Å². The number of nitrogens with one attached hydrogen (secondary N) is 1. The maximum Gasteiger partial charge on any atom is 0.253 e. The first-order chi connectivity index (χ1) is 12.4. The molecule has 1 aromatic carbocycles. The van der Waals surface area contributed by atoms with Gasteiger partial charge in [-0.1, -0.05) is 40.9 Å². The third-order valence-electron chi connectivity index (χ3n) is 4.48. The van der Waals surface area contributed by atoms with E-state index in [1.54, 1.807) is 24.5 Å². The largest absolute Gasteiger partial charge is 0.348 e. The van der Waals surface area contributed by atoms with Crippen molar-refractivity contribution in [2.24, 2.45) is 5.73 Å². The fourth-order valence-corrected chi connectivity index (χ4v) is 4.05. The molecule has 2 aromatic rings. The van der Waals surface area contributed by atoms with Gasteiger partial charge in [-0.2, -0.15) is 0 Å². The van der Waals surface area contributed by atoms with E-state index >= 15 is 0 Å². The number of hydrogen-bond acceptors (Lipinski definition) is 3. The molecule has 0 saturated heterocycles. The number of benzene rings is 1. The lowest BCUT2D eigenvalue weighted by molar-refractivity contribution is 0.0956. The summed E-state index contributed by atoms with van der Waals surface area (Å²) < 4.78 is 0.770. The van der Waals surface area contributed by atoms with Crippen molar-refractivity contribution >= 4 is 45.0 Å². The van der Waals surface area contributed by atoms with Gasteiger partial charge in [0, 0.05) is 45.4 Å². The Kier molecular flexibility index (Phi) is 6.35. The van der Waals surface area contributed by atoms with Crippen LogP contribution < -0.4 is 11.1 Å². The van der Waals surface area contributed by atoms with Gasteiger partial charge in [0.25, 0.3) is 5.91 Å². The van der Waals surface area contributed by atoms with Crippen LogP contribution in [0.5, 0.6) is 0 Å². The summed E-state index contributed by atoms with van der Waals surface area (Å²) in [6.07, 6.45) is 6.81. The van der Waals surface area contributed by atoms with Crippen molar-refractivity contribution < 1.29 is 4.79 Å². The van der Waals surface area contributed by atoms with Gasteiger partial charge in [0.15, 0.2) is 0 Å². The SMILES string of the molecule is N[C@H]1CC(CNC(=O)c2cncc(Br)c2)=CC[C@@H]1c1ccc(Cl)cc1Cl. The molecule has 0 radical (unpaired) electrons. The average molecular weight is 455 g/mol. The Morgan fingerprint density at radius 1 is 1.31 bits per heavy atom. The Bertz CT molecular complexity index is 856. The molecule has 0 spiro atoms. The highest BCUT2D eigenvalue weighted by molar-refractivity contribution is 9.10. The maximum atomic E-state index is 12.2. The number of carbonyl (C=O) groups excluding carboxylic acids is 1. The molecule has 0 unspecified atom stereocenters. The van der Waals surface area contributed by atoms with E-state index in [-0.39, 0.29) is 17.9 Å². The second-order valence-corrected chi connectivity index (χ2v) is 8.07. The number of carbonyl (C=O) groups is 1. The fourth-order valence-electron chi connectivity index (χ4n) is 3.13. The molecule has 7 heteroatoms. The van der Waals surface area contributed by atoms with Crippen LogP contribution in [0.25, 0.3) is 0 Å². The van der Waals surface area contributed by atoms with Gasteiger partial charge in [0.1, 0.15) is 0 Å². The summed E-state index contributed by atoms with van der Waals surface area (Å²) in [5.41, 5.74) is 9.04. The quantitative estimate of drug-likeness (QED) is 0.657. The zero-order valence-corrected chi connectivity index (χ0v) is 17.0. The number of nitrogens with zero attached hydrogens (tertiary/aromatic N) is 1. The van der Waals surface area contributed by atoms with E-state index < -0.39 is 0 Å². The molecule has 0 aliphatic heterocycles. The van der Waals surface area contributed by atoms with Crippen molar-refractivity contribution in [3.8, 4) is 0 Å². The number of aromatic nitrogens is 1. The Morgan fingerprint density at radius 2 is 2.12 bits per heavy atom. The Morgan fingerprint density at radius 3 is 2.81 bits per heavy atom. The zero-order chi connectivity index (χ0) is 18.7. The lowest BCUT2D eigenvalue weighted by Crippen LogP contribution is -2.34. The number of halogens is 3. The Labute approximate surface area is 170 Å². The molecule has 1 aliphatic carbocycles. The van der Waals surface area contributed by atoms with Crippen molar-refractivity contribution in [3.63, 3.8) is 0 Å². The molecule has 1 amide bonds. The predicted molar refractivity (Wildman–Crippen MR) is 109 cm³/mol. The van der Waals surface area contributed by atoms with Crippen molar-refractivity contribution in [1.29, 1.82) is 0 Å². The number of nitrogens with two attached hydrogens (primary N) is 1. The van der Waals surface area contributed by atoms with E-state index in [2.05, 4.69) is 32.3 Å². The minimum atomic E-state index is -0.156. The van der Waals surface area contributed by atoms with Gasteiger partial charge >= 0.3 is 0 Å². The topological polar surface area (TPSA) is 68.0 Å². The first kappa shape index (κ1) is 19.4. The van der Waals surface area contributed by atoms with E-state index in [1.165, 1.54) is 0 Å². The van der Waals surface area contributed by atoms with Crippen molar-refractivity contribution in [1.82, 2.24) is 10.3 Å². The average Bonchev–Trinajstić information content (AvgIpc) is 2.60. The van der Waals surface area contributed by atoms with Gasteiger partial charge in [-0.25, -0.2) is 0 Å². The van der Waals surface area contributed by atoms with Gasteiger partial charge in [-0.15, -0.1) is 0 Å². The first-order valence-electron chi connectivity index (χ1n) is 8.21. The monoisotopic (exact) mass is 453 g/mol. The Balaban J connectivity index is 1.63. The number of allylic oxidation sites excluding steroid dienone is 1. The van der Waals surface area contributed by atoms with E-state index in [0.717, 1.165) is 22.0 Å². The van der Waals surface area contributed by atoms with E-state index in [0.29, 0.717) is 28.6 Å². The van der Waals surface area contributed by atoms with Crippen molar-refractivity contribution in [2.45, 2.75) is 24.8 Å². The fraction of sp³-hybridized carbons (Fsp3) is 0.263. The van der Waals surface area contributed by atoms with E-state index in [9.17, 15) is 4.79 Å². The highest BCUT2D eigenvalue weighted by Crippen LogP contribution is 2.36. The Hall–Kier alpha value is -1.40. The van der Waals surface area contributed by atoms with Crippen LogP contribution in [0.1, 0.15) is 34.7 Å². The van der Waals surface area contributed by atoms with Gasteiger partial charge in [0.2, 0.25) is 0 Å². The molecule has 1 aliphatic rings. The molecular weight excluding hydrogens is 437 g/mol. The molecule has 0 saturated carbocycles. The molecule has 1 heterocycles. The lowest BCUT2D eigenvalue weighted by Gasteiger charge is -2.29. The minimum absolute atomic E-state index is 0.0573. The molecule has 2 atom stereocenters. The van der Waals surface area contributed by atoms with E-state index in [4.69, 9.17) is 28.9 Å². The second-order valence-electron chi connectivity index (χ2n) is 6.31. The highest BCUT2D eigenvalue weighted by atomic mass is 79.9. The normalized spacial score (nSPS) is 19.8. The third-order valence-corrected chi connectivity index (χ3v) is 5.48. The molecule has 136 valence electrons. The summed E-state index contributed by atoms with van der Waals surface area (Å²) in [5.74, 6) is -0.00959. The lowest BCUT2D eigenvalue weighted by atomic mass is 9.81. The van der Waals surface area contributed by atoms with Crippen LogP contribution in [0.4, 0.5) is 0 Å². The highest BCUT2D eigenvalue weighted by Gasteiger charge is 2.26. The molecule has 3 N–H and O–H groups in total. The van der Waals surface area contributed by atoms with Crippen molar-refractivity contribution in [3.05, 3.63) is 74.0 Å². The van der Waals surface area contributed by atoms with Gasteiger partial charge in [-0.05, 0) is 52.5 Å². The van der Waals surface area contributed by atoms with Crippen molar-refractivity contribution in [2.75, 3.05) is 6.54 Å². The molecule has 1 aromatic heterocycles. The molecular formula is C19H18BrCl2N3O. The molecule has 4 nitrogen and oxygen atoms in total. The van der Waals surface area contributed by atoms with Crippen LogP contribution in [-0.2, 0) is 0 Å². The van der Waals surface area contributed by atoms with Crippen LogP contribution in [0.2, 0.25) is 10.0 Å². The number of rotatable bonds is 4. The summed E-state index contributed by atoms with van der Waals surface area (Å²) in [5, 5.41) is 4.18. The second kappa shape index (κ2) is 8.53. The zero-order valence-electron chi connectivity index (χ0n) is 13.9. The summed E-state index contributed by atoms with van der Waals surface area (Å²) in [4.78, 5) is 16.2. The standard InChI is InChI=1S/C19H18BrCl2N3O/c20-13-6-12(9-24-10-13)19(26)25-8-11-1-3-16(18(23)5-11)15-4-2-14(21)7-17(15)22/h1-2,4,6-7,9-10,16,18H,3,5,8,23H2,(H,25,26)/t16-,18+/m1/s1. The minimum Gasteiger partial charge on any atom is -0.348 e. The van der Waals surface area contributed by atoms with Crippen LogP contribution in [0.15, 0.2) is 52.8 Å². The summed E-state index contributed by atoms with van der Waals surface area (Å²) in [6.45, 7) is 0.472. The van der Waals surface area contributed by atoms with Gasteiger partial charge < -0.3 is 11.1 Å². The maximum absolute atomic E-state index is 12.2.